The van der Waals surface area contributed by atoms with Crippen molar-refractivity contribution in [3.63, 3.8) is 0 Å². The monoisotopic (exact) mass is 314 g/mol. The number of rotatable bonds is 8. The molecule has 21 heavy (non-hydrogen) atoms. The van der Waals surface area contributed by atoms with Gasteiger partial charge in [0.05, 0.1) is 5.54 Å². The second kappa shape index (κ2) is 8.35. The number of hydrogen-bond acceptors (Lipinski definition) is 2. The van der Waals surface area contributed by atoms with E-state index in [1.165, 1.54) is 12.1 Å². The van der Waals surface area contributed by atoms with Crippen LogP contribution in [0.15, 0.2) is 24.3 Å². The van der Waals surface area contributed by atoms with E-state index < -0.39 is 0 Å². The first-order chi connectivity index (χ1) is 9.66. The van der Waals surface area contributed by atoms with Crippen LogP contribution >= 0.6 is 12.4 Å². The number of nitrogens with one attached hydrogen (secondary N) is 1. The number of hydrogen-bond donors (Lipinski definition) is 2. The number of unbranched alkanes of at least 4 members (excludes halogenated alkanes) is 3. The Bertz CT molecular complexity index is 463. The zero-order valence-electron chi connectivity index (χ0n) is 12.2. The van der Waals surface area contributed by atoms with Crippen LogP contribution in [0.5, 0.6) is 0 Å². The van der Waals surface area contributed by atoms with E-state index >= 15 is 0 Å². The van der Waals surface area contributed by atoms with Gasteiger partial charge in [0.25, 0.3) is 0 Å². The molecule has 3 nitrogen and oxygen atoms in total. The van der Waals surface area contributed by atoms with Crippen molar-refractivity contribution in [1.29, 1.82) is 0 Å². The van der Waals surface area contributed by atoms with Gasteiger partial charge in [0.2, 0.25) is 5.91 Å². The average Bonchev–Trinajstić information content (AvgIpc) is 3.19. The summed E-state index contributed by atoms with van der Waals surface area (Å²) in [7, 11) is 0. The molecule has 0 unspecified atom stereocenters. The van der Waals surface area contributed by atoms with Crippen LogP contribution in [-0.4, -0.2) is 12.5 Å². The van der Waals surface area contributed by atoms with Gasteiger partial charge in [-0.15, -0.1) is 12.4 Å². The summed E-state index contributed by atoms with van der Waals surface area (Å²) < 4.78 is 13.3. The van der Waals surface area contributed by atoms with Crippen LogP contribution in [-0.2, 0) is 10.3 Å². The first kappa shape index (κ1) is 17.9. The smallest absolute Gasteiger partial charge is 0.220 e. The van der Waals surface area contributed by atoms with Gasteiger partial charge < -0.3 is 11.1 Å². The summed E-state index contributed by atoms with van der Waals surface area (Å²) in [5.74, 6) is -0.177. The van der Waals surface area contributed by atoms with E-state index in [1.807, 2.05) is 6.07 Å². The molecule has 0 aliphatic heterocycles. The molecule has 1 aliphatic carbocycles. The minimum Gasteiger partial charge on any atom is -0.347 e. The van der Waals surface area contributed by atoms with Gasteiger partial charge in [0, 0.05) is 6.42 Å². The molecule has 118 valence electrons. The number of carbonyl (C=O) groups is 1. The number of carbonyl (C=O) groups excluding carboxylic acids is 1. The first-order valence-corrected chi connectivity index (χ1v) is 7.43. The highest BCUT2D eigenvalue weighted by atomic mass is 35.5. The molecule has 0 saturated heterocycles. The standard InChI is InChI=1S/C16H23FN2O.ClH/c17-14-7-5-6-13(12-14)16(9-10-16)19-15(20)8-3-1-2-4-11-18;/h5-7,12H,1-4,8-11,18H2,(H,19,20);1H. The van der Waals surface area contributed by atoms with Crippen molar-refractivity contribution >= 4 is 18.3 Å². The van der Waals surface area contributed by atoms with Crippen LogP contribution in [0.2, 0.25) is 0 Å². The maximum Gasteiger partial charge on any atom is 0.220 e. The Hall–Kier alpha value is -1.13. The third-order valence-corrected chi connectivity index (χ3v) is 3.86. The molecule has 0 bridgehead atoms. The van der Waals surface area contributed by atoms with E-state index in [9.17, 15) is 9.18 Å². The molecule has 5 heteroatoms. The largest absolute Gasteiger partial charge is 0.347 e. The molecule has 0 aromatic heterocycles. The number of amides is 1. The molecule has 1 amide bonds. The lowest BCUT2D eigenvalue weighted by Crippen LogP contribution is -2.34. The highest BCUT2D eigenvalue weighted by Crippen LogP contribution is 2.45. The fourth-order valence-corrected chi connectivity index (χ4v) is 2.51. The Balaban J connectivity index is 0.00000220. The molecule has 1 aliphatic rings. The maximum atomic E-state index is 13.3. The van der Waals surface area contributed by atoms with E-state index in [2.05, 4.69) is 5.32 Å². The summed E-state index contributed by atoms with van der Waals surface area (Å²) in [6.07, 6.45) is 6.38. The highest BCUT2D eigenvalue weighted by Gasteiger charge is 2.45. The van der Waals surface area contributed by atoms with Crippen LogP contribution in [0.4, 0.5) is 4.39 Å². The molecule has 0 heterocycles. The number of benzene rings is 1. The van der Waals surface area contributed by atoms with Crippen LogP contribution in [0.1, 0.15) is 50.5 Å². The SMILES string of the molecule is Cl.NCCCCCCC(=O)NC1(c2cccc(F)c2)CC1. The molecule has 1 aromatic carbocycles. The third-order valence-electron chi connectivity index (χ3n) is 3.86. The Morgan fingerprint density at radius 3 is 2.57 bits per heavy atom. The predicted molar refractivity (Wildman–Crippen MR) is 84.8 cm³/mol. The Morgan fingerprint density at radius 2 is 1.95 bits per heavy atom. The average molecular weight is 315 g/mol. The normalized spacial score (nSPS) is 15.1. The van der Waals surface area contributed by atoms with Crippen molar-refractivity contribution in [1.82, 2.24) is 5.32 Å². The van der Waals surface area contributed by atoms with Crippen molar-refractivity contribution in [3.05, 3.63) is 35.6 Å². The van der Waals surface area contributed by atoms with E-state index in [0.717, 1.165) is 50.6 Å². The molecule has 1 fully saturated rings. The van der Waals surface area contributed by atoms with Gasteiger partial charge in [-0.3, -0.25) is 4.79 Å². The van der Waals surface area contributed by atoms with Crippen LogP contribution in [0.3, 0.4) is 0 Å². The lowest BCUT2D eigenvalue weighted by Gasteiger charge is -2.18. The van der Waals surface area contributed by atoms with E-state index in [1.54, 1.807) is 6.07 Å². The van der Waals surface area contributed by atoms with Gasteiger partial charge >= 0.3 is 0 Å². The fraction of sp³-hybridized carbons (Fsp3) is 0.562. The van der Waals surface area contributed by atoms with Crippen LogP contribution in [0.25, 0.3) is 0 Å². The van der Waals surface area contributed by atoms with Crippen molar-refractivity contribution in [3.8, 4) is 0 Å². The third kappa shape index (κ3) is 5.29. The molecule has 1 aromatic rings. The first-order valence-electron chi connectivity index (χ1n) is 7.43. The summed E-state index contributed by atoms with van der Waals surface area (Å²) in [6, 6.07) is 6.54. The topological polar surface area (TPSA) is 55.1 Å². The summed E-state index contributed by atoms with van der Waals surface area (Å²) in [6.45, 7) is 0.717. The van der Waals surface area contributed by atoms with Crippen LogP contribution in [0, 0.1) is 5.82 Å². The minimum atomic E-state index is -0.309. The fourth-order valence-electron chi connectivity index (χ4n) is 2.51. The minimum absolute atomic E-state index is 0. The number of halogens is 2. The molecule has 2 rings (SSSR count). The van der Waals surface area contributed by atoms with Crippen molar-refractivity contribution in [2.75, 3.05) is 6.54 Å². The Morgan fingerprint density at radius 1 is 1.24 bits per heavy atom. The molecule has 3 N–H and O–H groups in total. The van der Waals surface area contributed by atoms with Crippen molar-refractivity contribution < 1.29 is 9.18 Å². The van der Waals surface area contributed by atoms with Gasteiger partial charge in [0.15, 0.2) is 0 Å². The molecule has 1 saturated carbocycles. The summed E-state index contributed by atoms with van der Waals surface area (Å²) >= 11 is 0. The summed E-state index contributed by atoms with van der Waals surface area (Å²) in [5.41, 5.74) is 6.00. The number of nitrogens with two attached hydrogens (primary N) is 1. The summed E-state index contributed by atoms with van der Waals surface area (Å²) in [5, 5.41) is 3.07. The molecule has 0 atom stereocenters. The molecular formula is C16H24ClFN2O. The van der Waals surface area contributed by atoms with Crippen LogP contribution < -0.4 is 11.1 Å². The van der Waals surface area contributed by atoms with Gasteiger partial charge in [-0.2, -0.15) is 0 Å². The summed E-state index contributed by atoms with van der Waals surface area (Å²) in [4.78, 5) is 12.0. The molecule has 0 radical (unpaired) electrons. The Labute approximate surface area is 131 Å². The lowest BCUT2D eigenvalue weighted by molar-refractivity contribution is -0.122. The second-order valence-corrected chi connectivity index (χ2v) is 5.59. The van der Waals surface area contributed by atoms with Gasteiger partial charge in [-0.1, -0.05) is 25.0 Å². The van der Waals surface area contributed by atoms with Gasteiger partial charge in [-0.05, 0) is 49.9 Å². The zero-order valence-corrected chi connectivity index (χ0v) is 13.1. The van der Waals surface area contributed by atoms with Gasteiger partial charge in [-0.25, -0.2) is 4.39 Å². The van der Waals surface area contributed by atoms with Crippen molar-refractivity contribution in [2.24, 2.45) is 5.73 Å². The maximum absolute atomic E-state index is 13.3. The van der Waals surface area contributed by atoms with E-state index in [0.29, 0.717) is 6.42 Å². The van der Waals surface area contributed by atoms with E-state index in [4.69, 9.17) is 5.73 Å². The quantitative estimate of drug-likeness (QED) is 0.724. The Kier molecular flexibility index (Phi) is 7.12. The molecular weight excluding hydrogens is 291 g/mol. The van der Waals surface area contributed by atoms with Gasteiger partial charge in [0.1, 0.15) is 5.82 Å². The molecule has 0 spiro atoms. The van der Waals surface area contributed by atoms with E-state index in [-0.39, 0.29) is 29.7 Å². The second-order valence-electron chi connectivity index (χ2n) is 5.59. The zero-order chi connectivity index (χ0) is 14.4. The highest BCUT2D eigenvalue weighted by molar-refractivity contribution is 5.85. The lowest BCUT2D eigenvalue weighted by atomic mass is 10.0. The van der Waals surface area contributed by atoms with Crippen molar-refractivity contribution in [2.45, 2.75) is 50.5 Å². The predicted octanol–water partition coefficient (Wildman–Crippen LogP) is 3.26.